The number of hydrogen-bond donors (Lipinski definition) is 0. The first-order chi connectivity index (χ1) is 9.02. The van der Waals surface area contributed by atoms with E-state index in [-0.39, 0.29) is 12.0 Å². The molecule has 2 rings (SSSR count). The topological polar surface area (TPSA) is 34.9 Å². The summed E-state index contributed by atoms with van der Waals surface area (Å²) in [6, 6.07) is 2.43. The lowest BCUT2D eigenvalue weighted by molar-refractivity contribution is 0.0984. The highest BCUT2D eigenvalue weighted by Gasteiger charge is 2.19. The molecule has 0 N–H and O–H groups in total. The van der Waals surface area contributed by atoms with Crippen molar-refractivity contribution < 1.29 is 13.6 Å². The Morgan fingerprint density at radius 1 is 1.37 bits per heavy atom. The summed E-state index contributed by atoms with van der Waals surface area (Å²) in [5.41, 5.74) is 0.436. The molecule has 1 heterocycles. The number of carbonyl (C=O) groups excluding carboxylic acids is 1. The van der Waals surface area contributed by atoms with Crippen molar-refractivity contribution in [2.45, 2.75) is 26.8 Å². The number of ketones is 1. The summed E-state index contributed by atoms with van der Waals surface area (Å²) in [5, 5.41) is 4.02. The summed E-state index contributed by atoms with van der Waals surface area (Å²) in [5.74, 6) is -2.18. The summed E-state index contributed by atoms with van der Waals surface area (Å²) < 4.78 is 29.0. The molecule has 0 bridgehead atoms. The summed E-state index contributed by atoms with van der Waals surface area (Å²) in [6.45, 7) is 4.10. The smallest absolute Gasteiger partial charge is 0.173 e. The van der Waals surface area contributed by atoms with Crippen LogP contribution in [0.25, 0.3) is 0 Å². The number of rotatable bonds is 4. The Labute approximate surface area is 109 Å². The average molecular weight is 264 g/mol. The Bertz CT molecular complexity index is 620. The molecule has 0 aliphatic rings. The molecular formula is C14H14F2N2O. The molecule has 5 heteroatoms. The van der Waals surface area contributed by atoms with Crippen LogP contribution in [0.3, 0.4) is 0 Å². The zero-order valence-electron chi connectivity index (χ0n) is 10.8. The zero-order chi connectivity index (χ0) is 14.0. The summed E-state index contributed by atoms with van der Waals surface area (Å²) in [4.78, 5) is 12.0. The highest BCUT2D eigenvalue weighted by molar-refractivity contribution is 5.98. The van der Waals surface area contributed by atoms with Gasteiger partial charge in [0.25, 0.3) is 0 Å². The van der Waals surface area contributed by atoms with Crippen molar-refractivity contribution in [2.24, 2.45) is 0 Å². The van der Waals surface area contributed by atoms with Crippen molar-refractivity contribution >= 4 is 5.78 Å². The van der Waals surface area contributed by atoms with E-state index in [1.54, 1.807) is 10.9 Å². The van der Waals surface area contributed by atoms with Gasteiger partial charge in [-0.1, -0.05) is 6.07 Å². The van der Waals surface area contributed by atoms with Crippen LogP contribution in [0, 0.1) is 18.6 Å². The van der Waals surface area contributed by atoms with Gasteiger partial charge in [0.15, 0.2) is 5.78 Å². The quantitative estimate of drug-likeness (QED) is 0.796. The van der Waals surface area contributed by atoms with E-state index < -0.39 is 23.0 Å². The lowest BCUT2D eigenvalue weighted by atomic mass is 10.0. The molecule has 0 aliphatic heterocycles. The van der Waals surface area contributed by atoms with Crippen LogP contribution in [0.2, 0.25) is 0 Å². The van der Waals surface area contributed by atoms with Crippen LogP contribution in [0.5, 0.6) is 0 Å². The second-order valence-corrected chi connectivity index (χ2v) is 4.36. The van der Waals surface area contributed by atoms with Gasteiger partial charge in [-0.05, 0) is 31.0 Å². The van der Waals surface area contributed by atoms with E-state index in [2.05, 4.69) is 5.10 Å². The van der Waals surface area contributed by atoms with Gasteiger partial charge in [-0.2, -0.15) is 5.10 Å². The first kappa shape index (κ1) is 13.4. The lowest BCUT2D eigenvalue weighted by Gasteiger charge is -2.05. The normalized spacial score (nSPS) is 10.7. The minimum atomic E-state index is -0.823. The Morgan fingerprint density at radius 2 is 2.11 bits per heavy atom. The number of aryl methyl sites for hydroxylation is 2. The van der Waals surface area contributed by atoms with Crippen molar-refractivity contribution in [2.75, 3.05) is 0 Å². The number of hydrogen-bond acceptors (Lipinski definition) is 2. The lowest BCUT2D eigenvalue weighted by Crippen LogP contribution is -2.10. The van der Waals surface area contributed by atoms with E-state index in [0.717, 1.165) is 6.07 Å². The van der Waals surface area contributed by atoms with E-state index in [1.165, 1.54) is 19.2 Å². The van der Waals surface area contributed by atoms with Crippen molar-refractivity contribution in [3.63, 3.8) is 0 Å². The highest BCUT2D eigenvalue weighted by atomic mass is 19.1. The van der Waals surface area contributed by atoms with Gasteiger partial charge in [-0.25, -0.2) is 8.78 Å². The standard InChI is InChI=1S/C14H14F2N2O/c1-3-18-8-10(7-17-18)6-12(19)13-11(15)5-4-9(2)14(13)16/h4-5,7-8H,3,6H2,1-2H3. The van der Waals surface area contributed by atoms with Crippen LogP contribution in [-0.4, -0.2) is 15.6 Å². The third-order valence-electron chi connectivity index (χ3n) is 2.94. The third kappa shape index (κ3) is 2.70. The number of aromatic nitrogens is 2. The summed E-state index contributed by atoms with van der Waals surface area (Å²) in [6.07, 6.45) is 3.17. The second-order valence-electron chi connectivity index (χ2n) is 4.36. The molecule has 0 aliphatic carbocycles. The maximum Gasteiger partial charge on any atom is 0.173 e. The van der Waals surface area contributed by atoms with Gasteiger partial charge in [-0.3, -0.25) is 9.48 Å². The number of benzene rings is 1. The summed E-state index contributed by atoms with van der Waals surface area (Å²) in [7, 11) is 0. The summed E-state index contributed by atoms with van der Waals surface area (Å²) >= 11 is 0. The molecular weight excluding hydrogens is 250 g/mol. The molecule has 0 saturated carbocycles. The minimum Gasteiger partial charge on any atom is -0.294 e. The molecule has 1 aromatic heterocycles. The van der Waals surface area contributed by atoms with Crippen LogP contribution in [0.15, 0.2) is 24.5 Å². The number of Topliss-reactive ketones (excluding diaryl/α,β-unsaturated/α-hetero) is 1. The van der Waals surface area contributed by atoms with Crippen molar-refractivity contribution in [1.29, 1.82) is 0 Å². The van der Waals surface area contributed by atoms with Crippen molar-refractivity contribution in [3.8, 4) is 0 Å². The number of carbonyl (C=O) groups is 1. The van der Waals surface area contributed by atoms with E-state index in [1.807, 2.05) is 6.92 Å². The average Bonchev–Trinajstić information content (AvgIpc) is 2.82. The molecule has 0 amide bonds. The molecule has 100 valence electrons. The van der Waals surface area contributed by atoms with Crippen molar-refractivity contribution in [1.82, 2.24) is 9.78 Å². The van der Waals surface area contributed by atoms with Crippen LogP contribution in [0.1, 0.15) is 28.4 Å². The largest absolute Gasteiger partial charge is 0.294 e. The highest BCUT2D eigenvalue weighted by Crippen LogP contribution is 2.18. The maximum atomic E-state index is 13.8. The minimum absolute atomic E-state index is 0.0582. The Kier molecular flexibility index (Phi) is 3.74. The van der Waals surface area contributed by atoms with E-state index in [9.17, 15) is 13.6 Å². The molecule has 0 saturated heterocycles. The first-order valence-corrected chi connectivity index (χ1v) is 6.02. The van der Waals surface area contributed by atoms with Crippen LogP contribution in [0.4, 0.5) is 8.78 Å². The van der Waals surface area contributed by atoms with Gasteiger partial charge in [-0.15, -0.1) is 0 Å². The predicted molar refractivity (Wildman–Crippen MR) is 67.0 cm³/mol. The second kappa shape index (κ2) is 5.30. The fourth-order valence-corrected chi connectivity index (χ4v) is 1.86. The van der Waals surface area contributed by atoms with Crippen LogP contribution >= 0.6 is 0 Å². The van der Waals surface area contributed by atoms with Gasteiger partial charge in [0, 0.05) is 19.2 Å². The van der Waals surface area contributed by atoms with E-state index in [0.29, 0.717) is 12.1 Å². The molecule has 2 aromatic rings. The maximum absolute atomic E-state index is 13.8. The SMILES string of the molecule is CCn1cc(CC(=O)c2c(F)ccc(C)c2F)cn1. The number of nitrogens with zero attached hydrogens (tertiary/aromatic N) is 2. The molecule has 0 radical (unpaired) electrons. The molecule has 0 atom stereocenters. The molecule has 0 fully saturated rings. The predicted octanol–water partition coefficient (Wildman–Crippen LogP) is 2.92. The number of halogens is 2. The third-order valence-corrected chi connectivity index (χ3v) is 2.94. The Hall–Kier alpha value is -2.04. The monoisotopic (exact) mass is 264 g/mol. The molecule has 1 aromatic carbocycles. The van der Waals surface area contributed by atoms with Gasteiger partial charge in [0.05, 0.1) is 11.8 Å². The first-order valence-electron chi connectivity index (χ1n) is 6.02. The fraction of sp³-hybridized carbons (Fsp3) is 0.286. The van der Waals surface area contributed by atoms with E-state index >= 15 is 0 Å². The van der Waals surface area contributed by atoms with Crippen LogP contribution in [-0.2, 0) is 13.0 Å². The van der Waals surface area contributed by atoms with Gasteiger partial charge >= 0.3 is 0 Å². The van der Waals surface area contributed by atoms with E-state index in [4.69, 9.17) is 0 Å². The molecule has 0 unspecified atom stereocenters. The van der Waals surface area contributed by atoms with Gasteiger partial charge < -0.3 is 0 Å². The fourth-order valence-electron chi connectivity index (χ4n) is 1.86. The zero-order valence-corrected chi connectivity index (χ0v) is 10.8. The Morgan fingerprint density at radius 3 is 2.74 bits per heavy atom. The molecule has 3 nitrogen and oxygen atoms in total. The van der Waals surface area contributed by atoms with Crippen molar-refractivity contribution in [3.05, 3.63) is 52.9 Å². The van der Waals surface area contributed by atoms with Crippen LogP contribution < -0.4 is 0 Å². The molecule has 0 spiro atoms. The Balaban J connectivity index is 2.27. The van der Waals surface area contributed by atoms with Gasteiger partial charge in [0.2, 0.25) is 0 Å². The van der Waals surface area contributed by atoms with Gasteiger partial charge in [0.1, 0.15) is 11.6 Å². The molecule has 19 heavy (non-hydrogen) atoms.